The molecule has 0 amide bonds. The highest BCUT2D eigenvalue weighted by Gasteiger charge is 2.21. The summed E-state index contributed by atoms with van der Waals surface area (Å²) in [4.78, 5) is 10.5. The van der Waals surface area contributed by atoms with Gasteiger partial charge in [-0.25, -0.2) is 9.97 Å². The SMILES string of the molecule is c1ccc2cc(-c3nc4ccccc4nc3-c3cc4oc5ccccc5c4c4c3ccc3ccccc34)ccc2c1. The lowest BCUT2D eigenvalue weighted by Crippen LogP contribution is -1.96. The number of fused-ring (bicyclic) bond motifs is 9. The summed E-state index contributed by atoms with van der Waals surface area (Å²) >= 11 is 0. The zero-order valence-corrected chi connectivity index (χ0v) is 22.0. The summed E-state index contributed by atoms with van der Waals surface area (Å²) < 4.78 is 6.51. The molecule has 0 radical (unpaired) electrons. The number of rotatable bonds is 2. The Kier molecular flexibility index (Phi) is 4.61. The van der Waals surface area contributed by atoms with Crippen LogP contribution < -0.4 is 0 Å². The van der Waals surface area contributed by atoms with Gasteiger partial charge in [-0.2, -0.15) is 0 Å². The normalized spacial score (nSPS) is 11.9. The minimum Gasteiger partial charge on any atom is -0.456 e. The first-order valence-electron chi connectivity index (χ1n) is 13.8. The van der Waals surface area contributed by atoms with Gasteiger partial charge >= 0.3 is 0 Å². The summed E-state index contributed by atoms with van der Waals surface area (Å²) in [6.45, 7) is 0. The average molecular weight is 523 g/mol. The zero-order valence-electron chi connectivity index (χ0n) is 22.0. The van der Waals surface area contributed by atoms with Crippen molar-refractivity contribution in [1.29, 1.82) is 0 Å². The van der Waals surface area contributed by atoms with E-state index in [1.165, 1.54) is 26.9 Å². The number of hydrogen-bond donors (Lipinski definition) is 0. The Morgan fingerprint density at radius 1 is 0.415 bits per heavy atom. The van der Waals surface area contributed by atoms with Gasteiger partial charge in [-0.15, -0.1) is 0 Å². The lowest BCUT2D eigenvalue weighted by atomic mass is 9.91. The Bertz CT molecular complexity index is 2490. The molecule has 3 nitrogen and oxygen atoms in total. The fourth-order valence-corrected chi connectivity index (χ4v) is 6.32. The van der Waals surface area contributed by atoms with Crippen LogP contribution >= 0.6 is 0 Å². The van der Waals surface area contributed by atoms with Crippen molar-refractivity contribution in [3.63, 3.8) is 0 Å². The third-order valence-electron chi connectivity index (χ3n) is 8.22. The number of nitrogens with zero attached hydrogens (tertiary/aromatic N) is 2. The third kappa shape index (κ3) is 3.33. The highest BCUT2D eigenvalue weighted by Crippen LogP contribution is 2.44. The van der Waals surface area contributed by atoms with Crippen LogP contribution in [-0.4, -0.2) is 9.97 Å². The van der Waals surface area contributed by atoms with Crippen molar-refractivity contribution >= 4 is 65.3 Å². The molecule has 41 heavy (non-hydrogen) atoms. The van der Waals surface area contributed by atoms with E-state index in [0.717, 1.165) is 60.9 Å². The van der Waals surface area contributed by atoms with Crippen molar-refractivity contribution in [2.75, 3.05) is 0 Å². The molecule has 0 aliphatic rings. The summed E-state index contributed by atoms with van der Waals surface area (Å²) in [7, 11) is 0. The molecule has 0 bridgehead atoms. The first-order valence-corrected chi connectivity index (χ1v) is 13.8. The molecule has 0 atom stereocenters. The van der Waals surface area contributed by atoms with Gasteiger partial charge in [0.25, 0.3) is 0 Å². The molecular weight excluding hydrogens is 500 g/mol. The van der Waals surface area contributed by atoms with Crippen molar-refractivity contribution in [3.8, 4) is 22.5 Å². The summed E-state index contributed by atoms with van der Waals surface area (Å²) in [5.41, 5.74) is 7.23. The molecule has 0 N–H and O–H groups in total. The largest absolute Gasteiger partial charge is 0.456 e. The Hall–Kier alpha value is -5.54. The minimum absolute atomic E-state index is 0.849. The van der Waals surface area contributed by atoms with E-state index in [4.69, 9.17) is 14.4 Å². The van der Waals surface area contributed by atoms with Gasteiger partial charge in [0.1, 0.15) is 11.2 Å². The Morgan fingerprint density at radius 3 is 1.93 bits per heavy atom. The Morgan fingerprint density at radius 2 is 1.07 bits per heavy atom. The number of furan rings is 1. The molecule has 0 fully saturated rings. The number of benzene rings is 7. The molecule has 2 heterocycles. The van der Waals surface area contributed by atoms with Crippen LogP contribution in [0.15, 0.2) is 138 Å². The highest BCUT2D eigenvalue weighted by molar-refractivity contribution is 6.29. The molecular formula is C38H22N2O. The second kappa shape index (κ2) is 8.48. The number of aromatic nitrogens is 2. The molecule has 0 aliphatic carbocycles. The van der Waals surface area contributed by atoms with Crippen LogP contribution in [-0.2, 0) is 0 Å². The monoisotopic (exact) mass is 522 g/mol. The van der Waals surface area contributed by atoms with E-state index in [9.17, 15) is 0 Å². The van der Waals surface area contributed by atoms with Crippen molar-refractivity contribution in [3.05, 3.63) is 133 Å². The predicted octanol–water partition coefficient (Wildman–Crippen LogP) is 10.3. The summed E-state index contributed by atoms with van der Waals surface area (Å²) in [5, 5.41) is 9.34. The van der Waals surface area contributed by atoms with Crippen LogP contribution in [0.3, 0.4) is 0 Å². The van der Waals surface area contributed by atoms with Crippen molar-refractivity contribution in [1.82, 2.24) is 9.97 Å². The first-order chi connectivity index (χ1) is 20.3. The van der Waals surface area contributed by atoms with Crippen LogP contribution in [0, 0.1) is 0 Å². The minimum atomic E-state index is 0.849. The molecule has 3 heteroatoms. The van der Waals surface area contributed by atoms with Crippen LogP contribution in [0.25, 0.3) is 87.8 Å². The topological polar surface area (TPSA) is 38.9 Å². The second-order valence-corrected chi connectivity index (χ2v) is 10.6. The van der Waals surface area contributed by atoms with Gasteiger partial charge in [-0.05, 0) is 57.3 Å². The maximum atomic E-state index is 6.51. The van der Waals surface area contributed by atoms with Crippen molar-refractivity contribution in [2.24, 2.45) is 0 Å². The average Bonchev–Trinajstić information content (AvgIpc) is 3.42. The van der Waals surface area contributed by atoms with Crippen LogP contribution in [0.5, 0.6) is 0 Å². The number of hydrogen-bond acceptors (Lipinski definition) is 3. The molecule has 0 saturated heterocycles. The molecule has 0 saturated carbocycles. The standard InChI is InChI=1S/C38H22N2O/c1-2-11-25-21-26(18-17-23(25)9-1)37-38(40-32-15-7-6-14-31(32)39-37)30-22-34-36(29-13-5-8-16-33(29)41-34)35-27-12-4-3-10-24(27)19-20-28(30)35/h1-22H. The summed E-state index contributed by atoms with van der Waals surface area (Å²) in [6, 6.07) is 46.6. The summed E-state index contributed by atoms with van der Waals surface area (Å²) in [5.74, 6) is 0. The van der Waals surface area contributed by atoms with Gasteiger partial charge in [0.05, 0.1) is 22.4 Å². The van der Waals surface area contributed by atoms with E-state index in [0.29, 0.717) is 0 Å². The number of para-hydroxylation sites is 3. The van der Waals surface area contributed by atoms with Crippen LogP contribution in [0.2, 0.25) is 0 Å². The molecule has 9 aromatic rings. The van der Waals surface area contributed by atoms with Gasteiger partial charge in [-0.3, -0.25) is 0 Å². The Balaban J connectivity index is 1.46. The molecule has 9 rings (SSSR count). The smallest absolute Gasteiger partial charge is 0.136 e. The molecule has 190 valence electrons. The van der Waals surface area contributed by atoms with Crippen molar-refractivity contribution < 1.29 is 4.42 Å². The molecule has 0 aliphatic heterocycles. The molecule has 7 aromatic carbocycles. The van der Waals surface area contributed by atoms with Gasteiger partial charge < -0.3 is 4.42 Å². The molecule has 0 unspecified atom stereocenters. The lowest BCUT2D eigenvalue weighted by molar-refractivity contribution is 0.669. The Labute approximate surface area is 235 Å². The van der Waals surface area contributed by atoms with Gasteiger partial charge in [0.15, 0.2) is 0 Å². The molecule has 2 aromatic heterocycles. The second-order valence-electron chi connectivity index (χ2n) is 10.6. The van der Waals surface area contributed by atoms with E-state index in [1.807, 2.05) is 36.4 Å². The first kappa shape index (κ1) is 22.3. The third-order valence-corrected chi connectivity index (χ3v) is 8.22. The highest BCUT2D eigenvalue weighted by atomic mass is 16.3. The van der Waals surface area contributed by atoms with Gasteiger partial charge in [0, 0.05) is 27.3 Å². The summed E-state index contributed by atoms with van der Waals surface area (Å²) in [6.07, 6.45) is 0. The lowest BCUT2D eigenvalue weighted by Gasteiger charge is -2.15. The van der Waals surface area contributed by atoms with Gasteiger partial charge in [-0.1, -0.05) is 103 Å². The fraction of sp³-hybridized carbons (Fsp3) is 0. The van der Waals surface area contributed by atoms with E-state index in [2.05, 4.69) is 97.1 Å². The van der Waals surface area contributed by atoms with E-state index in [1.54, 1.807) is 0 Å². The van der Waals surface area contributed by atoms with E-state index in [-0.39, 0.29) is 0 Å². The van der Waals surface area contributed by atoms with Crippen molar-refractivity contribution in [2.45, 2.75) is 0 Å². The predicted molar refractivity (Wildman–Crippen MR) is 170 cm³/mol. The van der Waals surface area contributed by atoms with Crippen LogP contribution in [0.1, 0.15) is 0 Å². The quantitative estimate of drug-likeness (QED) is 0.212. The maximum absolute atomic E-state index is 6.51. The van der Waals surface area contributed by atoms with Crippen LogP contribution in [0.4, 0.5) is 0 Å². The van der Waals surface area contributed by atoms with E-state index < -0.39 is 0 Å². The maximum Gasteiger partial charge on any atom is 0.136 e. The zero-order chi connectivity index (χ0) is 26.9. The van der Waals surface area contributed by atoms with E-state index >= 15 is 0 Å². The fourth-order valence-electron chi connectivity index (χ4n) is 6.32. The van der Waals surface area contributed by atoms with Gasteiger partial charge in [0.2, 0.25) is 0 Å². The molecule has 0 spiro atoms.